The third-order valence-corrected chi connectivity index (χ3v) is 3.44. The van der Waals surface area contributed by atoms with Gasteiger partial charge in [-0.25, -0.2) is 0 Å². The van der Waals surface area contributed by atoms with Gasteiger partial charge in [0.2, 0.25) is 0 Å². The molecule has 2 N–H and O–H groups in total. The smallest absolute Gasteiger partial charge is 0.265 e. The highest BCUT2D eigenvalue weighted by Gasteiger charge is 2.25. The van der Waals surface area contributed by atoms with Crippen molar-refractivity contribution >= 4 is 11.6 Å². The van der Waals surface area contributed by atoms with Crippen molar-refractivity contribution in [2.75, 3.05) is 38.7 Å². The van der Waals surface area contributed by atoms with E-state index in [9.17, 15) is 4.79 Å². The standard InChI is InChI=1S/C15H23N3O2/c1-11(16)12-5-6-14-13(9-12)18(15(19)10-20-14)8-4-7-17(2)3/h5-6,9,11H,4,7-8,10,16H2,1-3H3. The van der Waals surface area contributed by atoms with Gasteiger partial charge in [0.1, 0.15) is 5.75 Å². The summed E-state index contributed by atoms with van der Waals surface area (Å²) in [5.41, 5.74) is 7.77. The minimum atomic E-state index is -0.0547. The molecule has 1 aromatic carbocycles. The Hall–Kier alpha value is -1.59. The zero-order chi connectivity index (χ0) is 14.7. The first kappa shape index (κ1) is 14.8. The Morgan fingerprint density at radius 1 is 1.45 bits per heavy atom. The van der Waals surface area contributed by atoms with Crippen LogP contribution in [-0.2, 0) is 4.79 Å². The van der Waals surface area contributed by atoms with Crippen LogP contribution in [0.3, 0.4) is 0 Å². The molecule has 110 valence electrons. The lowest BCUT2D eigenvalue weighted by molar-refractivity contribution is -0.121. The van der Waals surface area contributed by atoms with Gasteiger partial charge in [0.25, 0.3) is 5.91 Å². The predicted octanol–water partition coefficient (Wildman–Crippen LogP) is 1.38. The van der Waals surface area contributed by atoms with Crippen LogP contribution in [0, 0.1) is 0 Å². The minimum absolute atomic E-state index is 0.0121. The topological polar surface area (TPSA) is 58.8 Å². The molecule has 0 aliphatic carbocycles. The van der Waals surface area contributed by atoms with E-state index in [4.69, 9.17) is 10.5 Å². The zero-order valence-corrected chi connectivity index (χ0v) is 12.4. The first-order valence-electron chi connectivity index (χ1n) is 6.96. The van der Waals surface area contributed by atoms with E-state index < -0.39 is 0 Å². The molecule has 5 heteroatoms. The van der Waals surface area contributed by atoms with Crippen LogP contribution in [0.5, 0.6) is 5.75 Å². The lowest BCUT2D eigenvalue weighted by Gasteiger charge is -2.30. The van der Waals surface area contributed by atoms with Gasteiger partial charge in [-0.1, -0.05) is 6.07 Å². The van der Waals surface area contributed by atoms with Crippen LogP contribution in [0.1, 0.15) is 24.9 Å². The minimum Gasteiger partial charge on any atom is -0.482 e. The van der Waals surface area contributed by atoms with Crippen molar-refractivity contribution in [2.45, 2.75) is 19.4 Å². The maximum Gasteiger partial charge on any atom is 0.265 e. The van der Waals surface area contributed by atoms with Crippen LogP contribution in [-0.4, -0.2) is 44.6 Å². The van der Waals surface area contributed by atoms with Crippen molar-refractivity contribution < 1.29 is 9.53 Å². The van der Waals surface area contributed by atoms with E-state index in [1.165, 1.54) is 0 Å². The molecular weight excluding hydrogens is 254 g/mol. The van der Waals surface area contributed by atoms with E-state index in [2.05, 4.69) is 4.90 Å². The highest BCUT2D eigenvalue weighted by molar-refractivity contribution is 5.97. The molecule has 0 radical (unpaired) electrons. The maximum atomic E-state index is 12.1. The number of nitrogens with two attached hydrogens (primary N) is 1. The predicted molar refractivity (Wildman–Crippen MR) is 80.1 cm³/mol. The Balaban J connectivity index is 2.20. The molecule has 5 nitrogen and oxygen atoms in total. The highest BCUT2D eigenvalue weighted by atomic mass is 16.5. The highest BCUT2D eigenvalue weighted by Crippen LogP contribution is 2.34. The van der Waals surface area contributed by atoms with Crippen molar-refractivity contribution in [3.63, 3.8) is 0 Å². The van der Waals surface area contributed by atoms with Crippen molar-refractivity contribution in [3.8, 4) is 5.75 Å². The largest absolute Gasteiger partial charge is 0.482 e. The van der Waals surface area contributed by atoms with E-state index >= 15 is 0 Å². The molecule has 1 amide bonds. The lowest BCUT2D eigenvalue weighted by atomic mass is 10.1. The monoisotopic (exact) mass is 277 g/mol. The fourth-order valence-corrected chi connectivity index (χ4v) is 2.29. The number of benzene rings is 1. The van der Waals surface area contributed by atoms with Crippen molar-refractivity contribution in [1.29, 1.82) is 0 Å². The van der Waals surface area contributed by atoms with Gasteiger partial charge in [0.05, 0.1) is 5.69 Å². The molecule has 1 aromatic rings. The summed E-state index contributed by atoms with van der Waals surface area (Å²) in [6.07, 6.45) is 0.931. The summed E-state index contributed by atoms with van der Waals surface area (Å²) in [7, 11) is 4.06. The molecule has 1 atom stereocenters. The maximum absolute atomic E-state index is 12.1. The van der Waals surface area contributed by atoms with Crippen molar-refractivity contribution in [1.82, 2.24) is 4.90 Å². The van der Waals surface area contributed by atoms with Gasteiger partial charge in [0.15, 0.2) is 6.61 Å². The molecule has 0 fully saturated rings. The summed E-state index contributed by atoms with van der Waals surface area (Å²) in [6.45, 7) is 3.71. The van der Waals surface area contributed by atoms with Gasteiger partial charge >= 0.3 is 0 Å². The Morgan fingerprint density at radius 3 is 2.85 bits per heavy atom. The second-order valence-corrected chi connectivity index (χ2v) is 5.51. The Morgan fingerprint density at radius 2 is 2.20 bits per heavy atom. The number of carbonyl (C=O) groups is 1. The number of rotatable bonds is 5. The molecule has 2 rings (SSSR count). The summed E-state index contributed by atoms with van der Waals surface area (Å²) in [5.74, 6) is 0.775. The second kappa shape index (κ2) is 6.24. The van der Waals surface area contributed by atoms with Gasteiger partial charge < -0.3 is 20.3 Å². The fraction of sp³-hybridized carbons (Fsp3) is 0.533. The van der Waals surface area contributed by atoms with Gasteiger partial charge in [-0.15, -0.1) is 0 Å². The first-order valence-corrected chi connectivity index (χ1v) is 6.96. The van der Waals surface area contributed by atoms with E-state index in [1.54, 1.807) is 0 Å². The molecule has 0 spiro atoms. The third-order valence-electron chi connectivity index (χ3n) is 3.44. The summed E-state index contributed by atoms with van der Waals surface area (Å²) >= 11 is 0. The summed E-state index contributed by atoms with van der Waals surface area (Å²) in [5, 5.41) is 0. The van der Waals surface area contributed by atoms with Crippen LogP contribution in [0.25, 0.3) is 0 Å². The molecule has 0 saturated carbocycles. The van der Waals surface area contributed by atoms with Crippen LogP contribution >= 0.6 is 0 Å². The Labute approximate surface area is 120 Å². The molecule has 1 aliphatic heterocycles. The van der Waals surface area contributed by atoms with Gasteiger partial charge in [-0.3, -0.25) is 4.79 Å². The van der Waals surface area contributed by atoms with Gasteiger partial charge in [0, 0.05) is 12.6 Å². The number of ether oxygens (including phenoxy) is 1. The first-order chi connectivity index (χ1) is 9.49. The van der Waals surface area contributed by atoms with Crippen molar-refractivity contribution in [2.24, 2.45) is 5.73 Å². The molecule has 0 saturated heterocycles. The van der Waals surface area contributed by atoms with Crippen LogP contribution < -0.4 is 15.4 Å². The van der Waals surface area contributed by atoms with Crippen LogP contribution in [0.4, 0.5) is 5.69 Å². The number of hydrogen-bond donors (Lipinski definition) is 1. The normalized spacial score (nSPS) is 16.1. The third kappa shape index (κ3) is 3.29. The Kier molecular flexibility index (Phi) is 4.62. The van der Waals surface area contributed by atoms with Gasteiger partial charge in [-0.05, 0) is 51.7 Å². The molecule has 20 heavy (non-hydrogen) atoms. The fourth-order valence-electron chi connectivity index (χ4n) is 2.29. The zero-order valence-electron chi connectivity index (χ0n) is 12.4. The molecule has 0 aromatic heterocycles. The quantitative estimate of drug-likeness (QED) is 0.883. The average Bonchev–Trinajstić information content (AvgIpc) is 2.40. The van der Waals surface area contributed by atoms with E-state index in [1.807, 2.05) is 44.1 Å². The molecule has 1 aliphatic rings. The summed E-state index contributed by atoms with van der Waals surface area (Å²) in [4.78, 5) is 16.0. The number of carbonyl (C=O) groups excluding carboxylic acids is 1. The average molecular weight is 277 g/mol. The molecule has 1 heterocycles. The number of amides is 1. The van der Waals surface area contributed by atoms with E-state index in [0.29, 0.717) is 6.54 Å². The van der Waals surface area contributed by atoms with E-state index in [-0.39, 0.29) is 18.6 Å². The van der Waals surface area contributed by atoms with Crippen LogP contribution in [0.2, 0.25) is 0 Å². The SMILES string of the molecule is CC(N)c1ccc2c(c1)N(CCCN(C)C)C(=O)CO2. The van der Waals surface area contributed by atoms with Gasteiger partial charge in [-0.2, -0.15) is 0 Å². The molecule has 0 bridgehead atoms. The summed E-state index contributed by atoms with van der Waals surface area (Å²) < 4.78 is 5.49. The number of anilines is 1. The second-order valence-electron chi connectivity index (χ2n) is 5.51. The van der Waals surface area contributed by atoms with E-state index in [0.717, 1.165) is 30.0 Å². The number of hydrogen-bond acceptors (Lipinski definition) is 4. The summed E-state index contributed by atoms with van der Waals surface area (Å²) in [6, 6.07) is 5.77. The molecular formula is C15H23N3O2. The molecule has 1 unspecified atom stereocenters. The van der Waals surface area contributed by atoms with Crippen molar-refractivity contribution in [3.05, 3.63) is 23.8 Å². The van der Waals surface area contributed by atoms with Crippen LogP contribution in [0.15, 0.2) is 18.2 Å². The Bertz CT molecular complexity index is 486. The lowest BCUT2D eigenvalue weighted by Crippen LogP contribution is -2.40. The number of fused-ring (bicyclic) bond motifs is 1. The number of nitrogens with zero attached hydrogens (tertiary/aromatic N) is 2.